The number of benzene rings is 4. The van der Waals surface area contributed by atoms with Gasteiger partial charge in [-0.2, -0.15) is 5.10 Å². The lowest BCUT2D eigenvalue weighted by atomic mass is 10.1. The molecule has 5 aromatic rings. The van der Waals surface area contributed by atoms with Crippen molar-refractivity contribution in [3.8, 4) is 28.3 Å². The third kappa shape index (κ3) is 7.52. The molecule has 0 unspecified atom stereocenters. The summed E-state index contributed by atoms with van der Waals surface area (Å²) in [4.78, 5) is 8.58. The zero-order chi connectivity index (χ0) is 23.1. The maximum Gasteiger partial charge on any atom is 0.204 e. The van der Waals surface area contributed by atoms with Gasteiger partial charge in [0.2, 0.25) is 6.41 Å². The van der Waals surface area contributed by atoms with Gasteiger partial charge in [0.15, 0.2) is 0 Å². The molecule has 0 aliphatic carbocycles. The van der Waals surface area contributed by atoms with Crippen LogP contribution < -0.4 is 10.5 Å². The van der Waals surface area contributed by atoms with Crippen LogP contribution in [0.3, 0.4) is 0 Å². The fourth-order valence-electron chi connectivity index (χ4n) is 2.97. The minimum absolute atomic E-state index is 0.250. The van der Waals surface area contributed by atoms with E-state index in [1.54, 1.807) is 6.20 Å². The lowest BCUT2D eigenvalue weighted by molar-refractivity contribution is -0.106. The number of aromatic nitrogens is 2. The first-order chi connectivity index (χ1) is 16.3. The number of hydrogen-bond donors (Lipinski definition) is 1. The number of ether oxygens (including phenoxy) is 1. The Labute approximate surface area is 193 Å². The monoisotopic (exact) mass is 435 g/mol. The van der Waals surface area contributed by atoms with Crippen molar-refractivity contribution in [3.05, 3.63) is 134 Å². The van der Waals surface area contributed by atoms with Crippen molar-refractivity contribution in [1.29, 1.82) is 0 Å². The number of amides is 1. The summed E-state index contributed by atoms with van der Waals surface area (Å²) in [6, 6.07) is 40.2. The number of hydrogen-bond acceptors (Lipinski definition) is 3. The van der Waals surface area contributed by atoms with Crippen LogP contribution >= 0.6 is 0 Å². The average molecular weight is 436 g/mol. The Morgan fingerprint density at radius 1 is 0.636 bits per heavy atom. The predicted molar refractivity (Wildman–Crippen MR) is 132 cm³/mol. The molecule has 0 saturated carbocycles. The zero-order valence-corrected chi connectivity index (χ0v) is 18.1. The molecule has 0 aliphatic heterocycles. The van der Waals surface area contributed by atoms with Gasteiger partial charge < -0.3 is 10.5 Å². The van der Waals surface area contributed by atoms with Gasteiger partial charge >= 0.3 is 0 Å². The molecule has 164 valence electrons. The van der Waals surface area contributed by atoms with Crippen LogP contribution in [-0.2, 0) is 4.79 Å². The molecule has 1 aromatic heterocycles. The van der Waals surface area contributed by atoms with Gasteiger partial charge in [-0.3, -0.25) is 4.79 Å². The molecular weight excluding hydrogens is 410 g/mol. The molecule has 0 atom stereocenters. The van der Waals surface area contributed by atoms with E-state index in [1.807, 2.05) is 83.7 Å². The van der Waals surface area contributed by atoms with E-state index in [0.717, 1.165) is 17.2 Å². The summed E-state index contributed by atoms with van der Waals surface area (Å²) in [7, 11) is 0. The second kappa shape index (κ2) is 12.9. The Balaban J connectivity index is 0.000000171. The highest BCUT2D eigenvalue weighted by molar-refractivity contribution is 5.64. The number of carbonyl (C=O) groups excluding carboxylic acids is 1. The first kappa shape index (κ1) is 23.0. The number of para-hydroxylation sites is 2. The van der Waals surface area contributed by atoms with E-state index >= 15 is 0 Å². The third-order valence-corrected chi connectivity index (χ3v) is 4.47. The lowest BCUT2D eigenvalue weighted by Crippen LogP contribution is -1.93. The maximum atomic E-state index is 8.58. The van der Waals surface area contributed by atoms with Crippen molar-refractivity contribution in [2.75, 3.05) is 0 Å². The molecule has 4 aromatic carbocycles. The van der Waals surface area contributed by atoms with Crippen LogP contribution in [0.4, 0.5) is 0 Å². The molecule has 0 aliphatic rings. The van der Waals surface area contributed by atoms with Crippen LogP contribution in [0.2, 0.25) is 0 Å². The highest BCUT2D eigenvalue weighted by Crippen LogP contribution is 2.20. The van der Waals surface area contributed by atoms with Crippen molar-refractivity contribution in [2.45, 2.75) is 0 Å². The summed E-state index contributed by atoms with van der Waals surface area (Å²) in [5.41, 5.74) is 7.70. The third-order valence-electron chi connectivity index (χ3n) is 4.47. The normalized spacial score (nSPS) is 9.45. The molecule has 0 radical (unpaired) electrons. The predicted octanol–water partition coefficient (Wildman–Crippen LogP) is 6.12. The fraction of sp³-hybridized carbons (Fsp3) is 0. The van der Waals surface area contributed by atoms with Crippen molar-refractivity contribution in [1.82, 2.24) is 9.78 Å². The summed E-state index contributed by atoms with van der Waals surface area (Å²) in [6.07, 6.45) is 3.97. The molecule has 0 spiro atoms. The van der Waals surface area contributed by atoms with Crippen LogP contribution in [0.25, 0.3) is 16.8 Å². The Bertz CT molecular complexity index is 1140. The van der Waals surface area contributed by atoms with Crippen LogP contribution in [0.5, 0.6) is 11.5 Å². The smallest absolute Gasteiger partial charge is 0.204 e. The topological polar surface area (TPSA) is 70.1 Å². The van der Waals surface area contributed by atoms with Crippen LogP contribution in [0, 0.1) is 0 Å². The van der Waals surface area contributed by atoms with Crippen molar-refractivity contribution >= 4 is 6.41 Å². The number of nitrogens with two attached hydrogens (primary N) is 1. The Hall–Kier alpha value is -4.64. The van der Waals surface area contributed by atoms with E-state index in [1.165, 1.54) is 11.1 Å². The number of nitrogens with zero attached hydrogens (tertiary/aromatic N) is 2. The molecule has 2 N–H and O–H groups in total. The molecule has 33 heavy (non-hydrogen) atoms. The van der Waals surface area contributed by atoms with E-state index < -0.39 is 0 Å². The SMILES string of the molecule is NC=O.c1ccc(-c2ccc(-n3cccn3)cc2)cc1.c1ccc(Oc2ccccc2)cc1. The second-order valence-corrected chi connectivity index (χ2v) is 6.73. The zero-order valence-electron chi connectivity index (χ0n) is 18.1. The van der Waals surface area contributed by atoms with Gasteiger partial charge in [-0.25, -0.2) is 4.68 Å². The van der Waals surface area contributed by atoms with Crippen molar-refractivity contribution in [2.24, 2.45) is 5.73 Å². The quantitative estimate of drug-likeness (QED) is 0.346. The summed E-state index contributed by atoms with van der Waals surface area (Å²) in [5.74, 6) is 1.74. The fourth-order valence-corrected chi connectivity index (χ4v) is 2.97. The van der Waals surface area contributed by atoms with Gasteiger partial charge in [-0.05, 0) is 53.6 Å². The molecule has 1 heterocycles. The van der Waals surface area contributed by atoms with Crippen LogP contribution in [0.15, 0.2) is 134 Å². The number of primary amides is 1. The first-order valence-electron chi connectivity index (χ1n) is 10.4. The van der Waals surface area contributed by atoms with Crippen molar-refractivity contribution in [3.63, 3.8) is 0 Å². The van der Waals surface area contributed by atoms with E-state index in [2.05, 4.69) is 59.4 Å². The maximum absolute atomic E-state index is 8.58. The number of rotatable bonds is 4. The number of carbonyl (C=O) groups is 1. The molecule has 0 bridgehead atoms. The van der Waals surface area contributed by atoms with Gasteiger partial charge in [0.25, 0.3) is 0 Å². The standard InChI is InChI=1S/C15H12N2.C12H10O.CH3NO/c1-2-5-13(6-3-1)14-7-9-15(10-8-14)17-12-4-11-16-17;1-3-7-11(8-4-1)13-12-9-5-2-6-10-12;2-1-3/h1-12H;1-10H;1H,(H2,2,3). The Morgan fingerprint density at radius 3 is 1.55 bits per heavy atom. The van der Waals surface area contributed by atoms with Gasteiger partial charge in [0.05, 0.1) is 5.69 Å². The average Bonchev–Trinajstić information content (AvgIpc) is 3.42. The highest BCUT2D eigenvalue weighted by Gasteiger charge is 1.98. The minimum Gasteiger partial charge on any atom is -0.457 e. The van der Waals surface area contributed by atoms with E-state index in [4.69, 9.17) is 9.53 Å². The molecule has 0 fully saturated rings. The van der Waals surface area contributed by atoms with Gasteiger partial charge in [0.1, 0.15) is 11.5 Å². The van der Waals surface area contributed by atoms with E-state index in [9.17, 15) is 0 Å². The minimum atomic E-state index is 0.250. The summed E-state index contributed by atoms with van der Waals surface area (Å²) >= 11 is 0. The van der Waals surface area contributed by atoms with E-state index in [0.29, 0.717) is 0 Å². The molecule has 5 rings (SSSR count). The summed E-state index contributed by atoms with van der Waals surface area (Å²) in [5, 5.41) is 4.21. The van der Waals surface area contributed by atoms with E-state index in [-0.39, 0.29) is 6.41 Å². The lowest BCUT2D eigenvalue weighted by Gasteiger charge is -2.04. The van der Waals surface area contributed by atoms with Gasteiger partial charge in [-0.1, -0.05) is 78.9 Å². The molecule has 0 saturated heterocycles. The van der Waals surface area contributed by atoms with Crippen LogP contribution in [-0.4, -0.2) is 16.2 Å². The molecule has 5 heteroatoms. The largest absolute Gasteiger partial charge is 0.457 e. The Morgan fingerprint density at radius 2 is 1.09 bits per heavy atom. The summed E-state index contributed by atoms with van der Waals surface area (Å²) < 4.78 is 7.43. The second-order valence-electron chi connectivity index (χ2n) is 6.73. The Kier molecular flexibility index (Phi) is 9.02. The molecular formula is C28H25N3O2. The van der Waals surface area contributed by atoms with Crippen LogP contribution in [0.1, 0.15) is 0 Å². The first-order valence-corrected chi connectivity index (χ1v) is 10.4. The highest BCUT2D eigenvalue weighted by atomic mass is 16.5. The molecule has 5 nitrogen and oxygen atoms in total. The van der Waals surface area contributed by atoms with Crippen molar-refractivity contribution < 1.29 is 9.53 Å². The van der Waals surface area contributed by atoms with Gasteiger partial charge in [0, 0.05) is 12.4 Å². The molecule has 1 amide bonds. The van der Waals surface area contributed by atoms with Gasteiger partial charge in [-0.15, -0.1) is 0 Å². The summed E-state index contributed by atoms with van der Waals surface area (Å²) in [6.45, 7) is 0.